The molecule has 3 N–H and O–H groups in total. The van der Waals surface area contributed by atoms with Crippen LogP contribution in [0.15, 0.2) is 11.2 Å². The lowest BCUT2D eigenvalue weighted by molar-refractivity contribution is -0.143. The van der Waals surface area contributed by atoms with Crippen molar-refractivity contribution in [2.45, 2.75) is 49.1 Å². The van der Waals surface area contributed by atoms with Gasteiger partial charge in [0.15, 0.2) is 5.16 Å². The Morgan fingerprint density at radius 2 is 2.11 bits per heavy atom. The summed E-state index contributed by atoms with van der Waals surface area (Å²) in [4.78, 5) is 19.8. The zero-order chi connectivity index (χ0) is 13.3. The topological polar surface area (TPSA) is 89.1 Å². The third-order valence-electron chi connectivity index (χ3n) is 3.16. The normalized spacial score (nSPS) is 27.4. The van der Waals surface area contributed by atoms with Crippen LogP contribution in [0.5, 0.6) is 0 Å². The number of aryl methyl sites for hydroxylation is 2. The molecule has 0 radical (unpaired) electrons. The molecule has 1 saturated carbocycles. The van der Waals surface area contributed by atoms with Gasteiger partial charge >= 0.3 is 5.97 Å². The highest BCUT2D eigenvalue weighted by Crippen LogP contribution is 2.38. The van der Waals surface area contributed by atoms with Crippen LogP contribution in [0.2, 0.25) is 0 Å². The fourth-order valence-electron chi connectivity index (χ4n) is 2.22. The number of hydrogen-bond donors (Lipinski definition) is 2. The zero-order valence-electron chi connectivity index (χ0n) is 10.5. The van der Waals surface area contributed by atoms with Crippen molar-refractivity contribution in [2.24, 2.45) is 5.73 Å². The second kappa shape index (κ2) is 4.85. The Hall–Kier alpha value is -1.14. The molecule has 0 spiro atoms. The van der Waals surface area contributed by atoms with Crippen molar-refractivity contribution in [1.29, 1.82) is 0 Å². The van der Waals surface area contributed by atoms with Gasteiger partial charge in [-0.05, 0) is 39.2 Å². The molecule has 2 rings (SSSR count). The third kappa shape index (κ3) is 2.81. The Balaban J connectivity index is 2.06. The summed E-state index contributed by atoms with van der Waals surface area (Å²) in [5.41, 5.74) is 6.64. The van der Waals surface area contributed by atoms with E-state index in [1.807, 2.05) is 19.9 Å². The maximum Gasteiger partial charge on any atom is 0.323 e. The molecule has 18 heavy (non-hydrogen) atoms. The van der Waals surface area contributed by atoms with Crippen molar-refractivity contribution in [3.05, 3.63) is 17.5 Å². The molecule has 6 heteroatoms. The van der Waals surface area contributed by atoms with E-state index in [9.17, 15) is 4.79 Å². The smallest absolute Gasteiger partial charge is 0.323 e. The number of aromatic nitrogens is 2. The molecule has 0 amide bonds. The van der Waals surface area contributed by atoms with Gasteiger partial charge in [-0.1, -0.05) is 11.8 Å². The van der Waals surface area contributed by atoms with Crippen LogP contribution in [0.4, 0.5) is 0 Å². The molecule has 98 valence electrons. The van der Waals surface area contributed by atoms with Crippen molar-refractivity contribution >= 4 is 17.7 Å². The quantitative estimate of drug-likeness (QED) is 0.807. The molecule has 0 saturated heterocycles. The predicted molar refractivity (Wildman–Crippen MR) is 69.6 cm³/mol. The third-order valence-corrected chi connectivity index (χ3v) is 4.29. The average molecular weight is 267 g/mol. The molecular weight excluding hydrogens is 250 g/mol. The standard InChI is InChI=1S/C12H17N3O2S/c1-7-5-8(2)15-11(14-7)18-9-3-4-12(13,6-9)10(16)17/h5,9H,3-4,6,13H2,1-2H3,(H,16,17). The maximum absolute atomic E-state index is 11.1. The summed E-state index contributed by atoms with van der Waals surface area (Å²) in [7, 11) is 0. The molecule has 5 nitrogen and oxygen atoms in total. The van der Waals surface area contributed by atoms with Gasteiger partial charge in [-0.2, -0.15) is 0 Å². The predicted octanol–water partition coefficient (Wildman–Crippen LogP) is 1.52. The Morgan fingerprint density at radius 3 is 2.61 bits per heavy atom. The van der Waals surface area contributed by atoms with Crippen LogP contribution < -0.4 is 5.73 Å². The van der Waals surface area contributed by atoms with Gasteiger partial charge in [-0.25, -0.2) is 9.97 Å². The number of carboxylic acid groups (broad SMARTS) is 1. The van der Waals surface area contributed by atoms with E-state index in [1.165, 1.54) is 11.8 Å². The molecule has 1 heterocycles. The van der Waals surface area contributed by atoms with Gasteiger partial charge in [0.05, 0.1) is 0 Å². The molecule has 1 fully saturated rings. The number of carbonyl (C=O) groups is 1. The first-order valence-corrected chi connectivity index (χ1v) is 6.78. The van der Waals surface area contributed by atoms with Crippen molar-refractivity contribution in [3.63, 3.8) is 0 Å². The summed E-state index contributed by atoms with van der Waals surface area (Å²) in [6, 6.07) is 1.92. The number of hydrogen-bond acceptors (Lipinski definition) is 5. The van der Waals surface area contributed by atoms with Gasteiger partial charge in [0.2, 0.25) is 0 Å². The molecule has 1 aromatic rings. The van der Waals surface area contributed by atoms with Gasteiger partial charge in [-0.3, -0.25) is 4.79 Å². The minimum Gasteiger partial charge on any atom is -0.480 e. The lowest BCUT2D eigenvalue weighted by Gasteiger charge is -2.17. The second-order valence-corrected chi connectivity index (χ2v) is 6.14. The average Bonchev–Trinajstić information content (AvgIpc) is 2.60. The van der Waals surface area contributed by atoms with Crippen LogP contribution in [0, 0.1) is 13.8 Å². The van der Waals surface area contributed by atoms with E-state index in [0.29, 0.717) is 18.0 Å². The monoisotopic (exact) mass is 267 g/mol. The minimum absolute atomic E-state index is 0.187. The van der Waals surface area contributed by atoms with Crippen molar-refractivity contribution in [1.82, 2.24) is 9.97 Å². The SMILES string of the molecule is Cc1cc(C)nc(SC2CCC(N)(C(=O)O)C2)n1. The highest BCUT2D eigenvalue weighted by molar-refractivity contribution is 7.99. The number of rotatable bonds is 3. The highest BCUT2D eigenvalue weighted by Gasteiger charge is 2.42. The fourth-order valence-corrected chi connectivity index (χ4v) is 3.53. The summed E-state index contributed by atoms with van der Waals surface area (Å²) in [6.45, 7) is 3.86. The minimum atomic E-state index is -1.07. The van der Waals surface area contributed by atoms with Gasteiger partial charge in [0.1, 0.15) is 5.54 Å². The van der Waals surface area contributed by atoms with Crippen molar-refractivity contribution < 1.29 is 9.90 Å². The molecule has 2 unspecified atom stereocenters. The number of thioether (sulfide) groups is 1. The maximum atomic E-state index is 11.1. The summed E-state index contributed by atoms with van der Waals surface area (Å²) in [5.74, 6) is -0.910. The van der Waals surface area contributed by atoms with Crippen LogP contribution in [0.1, 0.15) is 30.7 Å². The van der Waals surface area contributed by atoms with E-state index in [1.54, 1.807) is 0 Å². The van der Waals surface area contributed by atoms with Crippen LogP contribution in [0.3, 0.4) is 0 Å². The van der Waals surface area contributed by atoms with Crippen molar-refractivity contribution in [2.75, 3.05) is 0 Å². The van der Waals surface area contributed by atoms with E-state index in [2.05, 4.69) is 9.97 Å². The summed E-state index contributed by atoms with van der Waals surface area (Å²) >= 11 is 1.53. The van der Waals surface area contributed by atoms with E-state index in [4.69, 9.17) is 10.8 Å². The van der Waals surface area contributed by atoms with E-state index < -0.39 is 11.5 Å². The lowest BCUT2D eigenvalue weighted by Crippen LogP contribution is -2.45. The van der Waals surface area contributed by atoms with Crippen LogP contribution in [0.25, 0.3) is 0 Å². The molecule has 0 aromatic carbocycles. The number of nitrogens with two attached hydrogens (primary N) is 1. The van der Waals surface area contributed by atoms with Crippen LogP contribution >= 0.6 is 11.8 Å². The number of carboxylic acids is 1. The largest absolute Gasteiger partial charge is 0.480 e. The van der Waals surface area contributed by atoms with Gasteiger partial charge < -0.3 is 10.8 Å². The molecule has 0 aliphatic heterocycles. The number of aliphatic carboxylic acids is 1. The van der Waals surface area contributed by atoms with Gasteiger partial charge in [-0.15, -0.1) is 0 Å². The van der Waals surface area contributed by atoms with Gasteiger partial charge in [0, 0.05) is 16.6 Å². The molecule has 1 aromatic heterocycles. The zero-order valence-corrected chi connectivity index (χ0v) is 11.3. The molecule has 0 bridgehead atoms. The summed E-state index contributed by atoms with van der Waals surface area (Å²) in [6.07, 6.45) is 1.79. The summed E-state index contributed by atoms with van der Waals surface area (Å²) in [5, 5.41) is 9.98. The molecule has 1 aliphatic carbocycles. The van der Waals surface area contributed by atoms with E-state index in [0.717, 1.165) is 17.8 Å². The first-order chi connectivity index (χ1) is 8.39. The molecule has 1 aliphatic rings. The van der Waals surface area contributed by atoms with E-state index in [-0.39, 0.29) is 5.25 Å². The van der Waals surface area contributed by atoms with Crippen LogP contribution in [-0.2, 0) is 4.79 Å². The Labute approximate surface area is 110 Å². The van der Waals surface area contributed by atoms with E-state index >= 15 is 0 Å². The first-order valence-electron chi connectivity index (χ1n) is 5.90. The molecule has 2 atom stereocenters. The first kappa shape index (κ1) is 13.3. The number of nitrogens with zero attached hydrogens (tertiary/aromatic N) is 2. The highest BCUT2D eigenvalue weighted by atomic mass is 32.2. The van der Waals surface area contributed by atoms with Gasteiger partial charge in [0.25, 0.3) is 0 Å². The Morgan fingerprint density at radius 1 is 1.50 bits per heavy atom. The second-order valence-electron chi connectivity index (χ2n) is 4.88. The Bertz CT molecular complexity index is 460. The summed E-state index contributed by atoms with van der Waals surface area (Å²) < 4.78 is 0. The fraction of sp³-hybridized carbons (Fsp3) is 0.583. The Kier molecular flexibility index (Phi) is 3.59. The molecular formula is C12H17N3O2S. The lowest BCUT2D eigenvalue weighted by atomic mass is 10.0. The van der Waals surface area contributed by atoms with Crippen molar-refractivity contribution in [3.8, 4) is 0 Å². The van der Waals surface area contributed by atoms with Crippen LogP contribution in [-0.4, -0.2) is 31.8 Å².